The van der Waals surface area contributed by atoms with E-state index in [1.165, 1.54) is 4.90 Å². The van der Waals surface area contributed by atoms with E-state index in [9.17, 15) is 14.4 Å². The Labute approximate surface area is 117 Å². The molecule has 1 heterocycles. The summed E-state index contributed by atoms with van der Waals surface area (Å²) in [6.45, 7) is 3.76. The molecule has 0 radical (unpaired) electrons. The Morgan fingerprint density at radius 1 is 1.25 bits per heavy atom. The number of aryl methyl sites for hydroxylation is 1. The van der Waals surface area contributed by atoms with Gasteiger partial charge in [-0.1, -0.05) is 18.6 Å². The van der Waals surface area contributed by atoms with Gasteiger partial charge in [-0.2, -0.15) is 0 Å². The number of imide groups is 1. The molecule has 1 aliphatic heterocycles. The van der Waals surface area contributed by atoms with Crippen LogP contribution in [0.3, 0.4) is 0 Å². The molecule has 1 aliphatic rings. The number of aliphatic carboxylic acids is 1. The molecule has 1 unspecified atom stereocenters. The van der Waals surface area contributed by atoms with Crippen LogP contribution < -0.4 is 0 Å². The van der Waals surface area contributed by atoms with E-state index < -0.39 is 11.9 Å². The smallest absolute Gasteiger partial charge is 0.306 e. The van der Waals surface area contributed by atoms with Gasteiger partial charge in [-0.05, 0) is 31.9 Å². The fraction of sp³-hybridized carbons (Fsp3) is 0.400. The molecule has 106 valence electrons. The van der Waals surface area contributed by atoms with Gasteiger partial charge in [0.2, 0.25) is 0 Å². The van der Waals surface area contributed by atoms with Crippen LogP contribution in [0.15, 0.2) is 18.2 Å². The van der Waals surface area contributed by atoms with E-state index >= 15 is 0 Å². The second-order valence-electron chi connectivity index (χ2n) is 5.19. The molecule has 1 aromatic carbocycles. The first-order valence-electron chi connectivity index (χ1n) is 6.61. The number of nitrogens with zero attached hydrogens (tertiary/aromatic N) is 1. The summed E-state index contributed by atoms with van der Waals surface area (Å²) in [5.74, 6) is -1.89. The quantitative estimate of drug-likeness (QED) is 0.835. The van der Waals surface area contributed by atoms with Crippen LogP contribution in [0.25, 0.3) is 0 Å². The first-order valence-corrected chi connectivity index (χ1v) is 6.61. The predicted octanol–water partition coefficient (Wildman–Crippen LogP) is 2.09. The third-order valence-corrected chi connectivity index (χ3v) is 3.57. The van der Waals surface area contributed by atoms with Crippen molar-refractivity contribution < 1.29 is 19.5 Å². The molecule has 1 atom stereocenters. The first kappa shape index (κ1) is 14.2. The summed E-state index contributed by atoms with van der Waals surface area (Å²) in [7, 11) is 0. The van der Waals surface area contributed by atoms with Crippen molar-refractivity contribution >= 4 is 17.8 Å². The van der Waals surface area contributed by atoms with Crippen LogP contribution in [-0.4, -0.2) is 34.3 Å². The van der Waals surface area contributed by atoms with E-state index in [-0.39, 0.29) is 18.4 Å². The molecule has 5 nitrogen and oxygen atoms in total. The summed E-state index contributed by atoms with van der Waals surface area (Å²) in [5.41, 5.74) is 1.82. The summed E-state index contributed by atoms with van der Waals surface area (Å²) in [6.07, 6.45) is 0.944. The molecule has 0 aromatic heterocycles. The van der Waals surface area contributed by atoms with Crippen molar-refractivity contribution in [1.82, 2.24) is 4.90 Å². The number of rotatable bonds is 5. The highest BCUT2D eigenvalue weighted by Crippen LogP contribution is 2.24. The van der Waals surface area contributed by atoms with E-state index in [0.717, 1.165) is 5.56 Å². The van der Waals surface area contributed by atoms with Gasteiger partial charge in [-0.25, -0.2) is 0 Å². The van der Waals surface area contributed by atoms with Crippen molar-refractivity contribution in [3.63, 3.8) is 0 Å². The third-order valence-electron chi connectivity index (χ3n) is 3.57. The number of carbonyl (C=O) groups is 3. The molecule has 0 saturated carbocycles. The molecule has 2 amide bonds. The fourth-order valence-electron chi connectivity index (χ4n) is 2.29. The van der Waals surface area contributed by atoms with Crippen LogP contribution in [-0.2, 0) is 4.79 Å². The Morgan fingerprint density at radius 3 is 2.55 bits per heavy atom. The van der Waals surface area contributed by atoms with Gasteiger partial charge in [0, 0.05) is 6.54 Å². The Morgan fingerprint density at radius 2 is 1.90 bits per heavy atom. The maximum Gasteiger partial charge on any atom is 0.306 e. The second kappa shape index (κ2) is 5.45. The highest BCUT2D eigenvalue weighted by Gasteiger charge is 2.34. The summed E-state index contributed by atoms with van der Waals surface area (Å²) in [5, 5.41) is 8.80. The van der Waals surface area contributed by atoms with E-state index in [1.807, 2.05) is 6.92 Å². The molecule has 0 saturated heterocycles. The van der Waals surface area contributed by atoms with Gasteiger partial charge >= 0.3 is 5.97 Å². The van der Waals surface area contributed by atoms with Crippen molar-refractivity contribution in [3.05, 3.63) is 34.9 Å². The van der Waals surface area contributed by atoms with Gasteiger partial charge in [0.15, 0.2) is 0 Å². The normalized spacial score (nSPS) is 15.4. The maximum absolute atomic E-state index is 12.2. The zero-order valence-electron chi connectivity index (χ0n) is 11.5. The molecule has 1 aromatic rings. The number of benzene rings is 1. The molecule has 0 spiro atoms. The van der Waals surface area contributed by atoms with Crippen molar-refractivity contribution in [2.75, 3.05) is 6.54 Å². The van der Waals surface area contributed by atoms with Crippen LogP contribution in [0.5, 0.6) is 0 Å². The zero-order chi connectivity index (χ0) is 14.9. The number of fused-ring (bicyclic) bond motifs is 1. The van der Waals surface area contributed by atoms with Gasteiger partial charge in [0.1, 0.15) is 0 Å². The Kier molecular flexibility index (Phi) is 3.88. The predicted molar refractivity (Wildman–Crippen MR) is 72.6 cm³/mol. The maximum atomic E-state index is 12.2. The Hall–Kier alpha value is -2.17. The van der Waals surface area contributed by atoms with Crippen molar-refractivity contribution in [2.24, 2.45) is 5.92 Å². The highest BCUT2D eigenvalue weighted by atomic mass is 16.4. The Bertz CT molecular complexity index is 579. The van der Waals surface area contributed by atoms with Gasteiger partial charge in [0.05, 0.1) is 17.0 Å². The van der Waals surface area contributed by atoms with Crippen molar-refractivity contribution in [1.29, 1.82) is 0 Å². The molecule has 0 aliphatic carbocycles. The van der Waals surface area contributed by atoms with E-state index in [1.54, 1.807) is 25.1 Å². The second-order valence-corrected chi connectivity index (χ2v) is 5.19. The van der Waals surface area contributed by atoms with Crippen molar-refractivity contribution in [2.45, 2.75) is 26.7 Å². The molecular formula is C15H17NO4. The number of amides is 2. The fourth-order valence-corrected chi connectivity index (χ4v) is 2.29. The number of carbonyl (C=O) groups excluding carboxylic acids is 2. The van der Waals surface area contributed by atoms with Crippen LogP contribution in [0.4, 0.5) is 0 Å². The van der Waals surface area contributed by atoms with E-state index in [0.29, 0.717) is 24.0 Å². The van der Waals surface area contributed by atoms with Crippen LogP contribution >= 0.6 is 0 Å². The molecular weight excluding hydrogens is 258 g/mol. The van der Waals surface area contributed by atoms with Crippen LogP contribution in [0, 0.1) is 12.8 Å². The van der Waals surface area contributed by atoms with Crippen LogP contribution in [0.2, 0.25) is 0 Å². The number of carboxylic acids is 1. The summed E-state index contributed by atoms with van der Waals surface area (Å²) < 4.78 is 0. The van der Waals surface area contributed by atoms with E-state index in [2.05, 4.69) is 0 Å². The van der Waals surface area contributed by atoms with Gasteiger partial charge in [0.25, 0.3) is 11.8 Å². The average Bonchev–Trinajstić information content (AvgIpc) is 2.63. The average molecular weight is 275 g/mol. The van der Waals surface area contributed by atoms with E-state index in [4.69, 9.17) is 5.11 Å². The molecule has 1 N–H and O–H groups in total. The minimum Gasteiger partial charge on any atom is -0.481 e. The molecule has 5 heteroatoms. The monoisotopic (exact) mass is 275 g/mol. The number of carboxylic acid groups (broad SMARTS) is 1. The lowest BCUT2D eigenvalue weighted by Gasteiger charge is -2.14. The van der Waals surface area contributed by atoms with Crippen molar-refractivity contribution in [3.8, 4) is 0 Å². The zero-order valence-corrected chi connectivity index (χ0v) is 11.5. The number of hydrogen-bond donors (Lipinski definition) is 1. The summed E-state index contributed by atoms with van der Waals surface area (Å²) >= 11 is 0. The first-order chi connectivity index (χ1) is 9.41. The standard InChI is InChI=1S/C15H17NO4/c1-9-5-6-11-12(8-9)14(18)16(13(11)17)7-3-4-10(2)15(19)20/h5-6,8,10H,3-4,7H2,1-2H3,(H,19,20). The molecule has 2 rings (SSSR count). The van der Waals surface area contributed by atoms with Gasteiger partial charge in [-0.3, -0.25) is 19.3 Å². The molecule has 20 heavy (non-hydrogen) atoms. The van der Waals surface area contributed by atoms with Gasteiger partial charge < -0.3 is 5.11 Å². The molecule has 0 bridgehead atoms. The van der Waals surface area contributed by atoms with Gasteiger partial charge in [-0.15, -0.1) is 0 Å². The lowest BCUT2D eigenvalue weighted by atomic mass is 10.1. The highest BCUT2D eigenvalue weighted by molar-refractivity contribution is 6.21. The summed E-state index contributed by atoms with van der Waals surface area (Å²) in [4.78, 5) is 36.2. The number of hydrogen-bond acceptors (Lipinski definition) is 3. The Balaban J connectivity index is 2.04. The largest absolute Gasteiger partial charge is 0.481 e. The third kappa shape index (κ3) is 2.57. The topological polar surface area (TPSA) is 74.7 Å². The molecule has 0 fully saturated rings. The van der Waals surface area contributed by atoms with Crippen LogP contribution in [0.1, 0.15) is 46.0 Å². The lowest BCUT2D eigenvalue weighted by molar-refractivity contribution is -0.141. The minimum absolute atomic E-state index is 0.267. The lowest BCUT2D eigenvalue weighted by Crippen LogP contribution is -2.31. The minimum atomic E-state index is -0.858. The summed E-state index contributed by atoms with van der Waals surface area (Å²) in [6, 6.07) is 5.19. The SMILES string of the molecule is Cc1ccc2c(c1)C(=O)N(CCCC(C)C(=O)O)C2=O.